The molecule has 0 saturated heterocycles. The Balaban J connectivity index is 2.31. The van der Waals surface area contributed by atoms with Crippen molar-refractivity contribution >= 4 is 23.1 Å². The predicted molar refractivity (Wildman–Crippen MR) is 68.7 cm³/mol. The van der Waals surface area contributed by atoms with E-state index in [0.717, 1.165) is 0 Å². The van der Waals surface area contributed by atoms with Crippen LogP contribution in [-0.4, -0.2) is 10.7 Å². The standard InChI is InChI=1S/C13H11ClN2O3/c14-11-6-10(16(18)19)4-3-9(11)7-13(8-15)5-1-2-12(13)17/h3-4,6H,1-2,5,7H2. The number of nitro benzene ring substituents is 1. The highest BCUT2D eigenvalue weighted by Gasteiger charge is 2.42. The summed E-state index contributed by atoms with van der Waals surface area (Å²) in [6, 6.07) is 6.21. The number of nitriles is 1. The van der Waals surface area contributed by atoms with E-state index in [-0.39, 0.29) is 22.9 Å². The maximum Gasteiger partial charge on any atom is 0.270 e. The van der Waals surface area contributed by atoms with Gasteiger partial charge in [0.1, 0.15) is 5.41 Å². The molecule has 1 saturated carbocycles. The second-order valence-corrected chi connectivity index (χ2v) is 5.09. The van der Waals surface area contributed by atoms with E-state index in [2.05, 4.69) is 6.07 Å². The summed E-state index contributed by atoms with van der Waals surface area (Å²) in [5.41, 5.74) is -0.513. The highest BCUT2D eigenvalue weighted by Crippen LogP contribution is 2.39. The van der Waals surface area contributed by atoms with Crippen LogP contribution in [0.5, 0.6) is 0 Å². The molecule has 1 atom stereocenters. The monoisotopic (exact) mass is 278 g/mol. The maximum absolute atomic E-state index is 11.8. The summed E-state index contributed by atoms with van der Waals surface area (Å²) < 4.78 is 0. The third-order valence-electron chi connectivity index (χ3n) is 3.49. The summed E-state index contributed by atoms with van der Waals surface area (Å²) >= 11 is 5.99. The van der Waals surface area contributed by atoms with E-state index in [1.54, 1.807) is 0 Å². The summed E-state index contributed by atoms with van der Waals surface area (Å²) in [5.74, 6) is -0.0654. The first-order valence-electron chi connectivity index (χ1n) is 5.86. The molecule has 19 heavy (non-hydrogen) atoms. The average Bonchev–Trinajstić information content (AvgIpc) is 2.73. The number of Topliss-reactive ketones (excluding diaryl/α,β-unsaturated/α-hetero) is 1. The van der Waals surface area contributed by atoms with E-state index in [4.69, 9.17) is 11.6 Å². The number of nitro groups is 1. The number of ketones is 1. The van der Waals surface area contributed by atoms with Crippen LogP contribution in [0.1, 0.15) is 24.8 Å². The van der Waals surface area contributed by atoms with Crippen LogP contribution in [0, 0.1) is 26.9 Å². The Labute approximate surface area is 114 Å². The molecule has 1 aromatic carbocycles. The fourth-order valence-corrected chi connectivity index (χ4v) is 2.63. The highest BCUT2D eigenvalue weighted by atomic mass is 35.5. The normalized spacial score (nSPS) is 22.2. The maximum atomic E-state index is 11.8. The van der Waals surface area contributed by atoms with Gasteiger partial charge in [0, 0.05) is 18.6 Å². The third-order valence-corrected chi connectivity index (χ3v) is 3.85. The molecule has 0 N–H and O–H groups in total. The number of hydrogen-bond acceptors (Lipinski definition) is 4. The van der Waals surface area contributed by atoms with Crippen LogP contribution in [0.15, 0.2) is 18.2 Å². The molecule has 2 rings (SSSR count). The van der Waals surface area contributed by atoms with E-state index in [0.29, 0.717) is 24.8 Å². The molecule has 0 radical (unpaired) electrons. The van der Waals surface area contributed by atoms with Gasteiger partial charge in [0.05, 0.1) is 16.0 Å². The van der Waals surface area contributed by atoms with E-state index in [1.807, 2.05) is 0 Å². The zero-order chi connectivity index (χ0) is 14.0. The number of non-ortho nitro benzene ring substituents is 1. The second kappa shape index (κ2) is 4.98. The van der Waals surface area contributed by atoms with Crippen molar-refractivity contribution in [3.05, 3.63) is 38.9 Å². The minimum atomic E-state index is -1.01. The Morgan fingerprint density at radius 1 is 1.53 bits per heavy atom. The lowest BCUT2D eigenvalue weighted by Crippen LogP contribution is -2.26. The van der Waals surface area contributed by atoms with Crippen molar-refractivity contribution in [2.75, 3.05) is 0 Å². The number of nitrogens with zero attached hydrogens (tertiary/aromatic N) is 2. The molecule has 98 valence electrons. The van der Waals surface area contributed by atoms with Crippen molar-refractivity contribution < 1.29 is 9.72 Å². The molecule has 1 aliphatic rings. The first-order valence-corrected chi connectivity index (χ1v) is 6.24. The Morgan fingerprint density at radius 2 is 2.26 bits per heavy atom. The van der Waals surface area contributed by atoms with Gasteiger partial charge in [0.2, 0.25) is 0 Å². The van der Waals surface area contributed by atoms with Gasteiger partial charge < -0.3 is 0 Å². The molecule has 0 aromatic heterocycles. The molecular formula is C13H11ClN2O3. The number of carbonyl (C=O) groups excluding carboxylic acids is 1. The summed E-state index contributed by atoms with van der Waals surface area (Å²) in [6.45, 7) is 0. The minimum Gasteiger partial charge on any atom is -0.298 e. The Bertz CT molecular complexity index is 594. The van der Waals surface area contributed by atoms with Crippen LogP contribution in [0.4, 0.5) is 5.69 Å². The molecule has 6 heteroatoms. The number of halogens is 1. The van der Waals surface area contributed by atoms with Gasteiger partial charge in [-0.05, 0) is 24.8 Å². The molecule has 1 aliphatic carbocycles. The van der Waals surface area contributed by atoms with Crippen molar-refractivity contribution in [2.45, 2.75) is 25.7 Å². The summed E-state index contributed by atoms with van der Waals surface area (Å²) in [4.78, 5) is 21.9. The van der Waals surface area contributed by atoms with Gasteiger partial charge in [-0.25, -0.2) is 0 Å². The van der Waals surface area contributed by atoms with E-state index >= 15 is 0 Å². The van der Waals surface area contributed by atoms with Gasteiger partial charge in [-0.3, -0.25) is 14.9 Å². The summed E-state index contributed by atoms with van der Waals surface area (Å²) in [6.07, 6.45) is 1.87. The van der Waals surface area contributed by atoms with E-state index < -0.39 is 10.3 Å². The lowest BCUT2D eigenvalue weighted by atomic mass is 9.80. The zero-order valence-corrected chi connectivity index (χ0v) is 10.8. The van der Waals surface area contributed by atoms with Crippen molar-refractivity contribution in [1.29, 1.82) is 5.26 Å². The molecule has 1 unspecified atom stereocenters. The number of hydrogen-bond donors (Lipinski definition) is 0. The van der Waals surface area contributed by atoms with Gasteiger partial charge in [-0.15, -0.1) is 0 Å². The van der Waals surface area contributed by atoms with Crippen LogP contribution >= 0.6 is 11.6 Å². The Hall–Kier alpha value is -1.93. The number of benzene rings is 1. The highest BCUT2D eigenvalue weighted by molar-refractivity contribution is 6.31. The molecule has 0 aliphatic heterocycles. The lowest BCUT2D eigenvalue weighted by Gasteiger charge is -2.19. The van der Waals surface area contributed by atoms with Gasteiger partial charge in [-0.2, -0.15) is 5.26 Å². The third kappa shape index (κ3) is 2.45. The minimum absolute atomic E-state index is 0.0654. The summed E-state index contributed by atoms with van der Waals surface area (Å²) in [7, 11) is 0. The molecular weight excluding hydrogens is 268 g/mol. The fraction of sp³-hybridized carbons (Fsp3) is 0.385. The predicted octanol–water partition coefficient (Wildman–Crippen LogP) is 3.05. The molecule has 0 heterocycles. The quantitative estimate of drug-likeness (QED) is 0.628. The molecule has 0 spiro atoms. The fourth-order valence-electron chi connectivity index (χ4n) is 2.39. The van der Waals surface area contributed by atoms with E-state index in [9.17, 15) is 20.2 Å². The number of carbonyl (C=O) groups is 1. The first kappa shape index (κ1) is 13.5. The first-order chi connectivity index (χ1) is 8.98. The average molecular weight is 279 g/mol. The molecule has 1 aromatic rings. The molecule has 5 nitrogen and oxygen atoms in total. The van der Waals surface area contributed by atoms with Crippen molar-refractivity contribution in [1.82, 2.24) is 0 Å². The molecule has 1 fully saturated rings. The van der Waals surface area contributed by atoms with Crippen LogP contribution in [0.25, 0.3) is 0 Å². The van der Waals surface area contributed by atoms with Crippen LogP contribution < -0.4 is 0 Å². The van der Waals surface area contributed by atoms with Gasteiger partial charge >= 0.3 is 0 Å². The Morgan fingerprint density at radius 3 is 2.74 bits per heavy atom. The molecule has 0 amide bonds. The topological polar surface area (TPSA) is 84.0 Å². The largest absolute Gasteiger partial charge is 0.298 e. The SMILES string of the molecule is N#CC1(Cc2ccc([N+](=O)[O-])cc2Cl)CCCC1=O. The smallest absolute Gasteiger partial charge is 0.270 e. The van der Waals surface area contributed by atoms with Gasteiger partial charge in [0.25, 0.3) is 5.69 Å². The van der Waals surface area contributed by atoms with Crippen molar-refractivity contribution in [3.8, 4) is 6.07 Å². The van der Waals surface area contributed by atoms with Crippen molar-refractivity contribution in [2.24, 2.45) is 5.41 Å². The van der Waals surface area contributed by atoms with Crippen LogP contribution in [0.2, 0.25) is 5.02 Å². The lowest BCUT2D eigenvalue weighted by molar-refractivity contribution is -0.384. The van der Waals surface area contributed by atoms with Gasteiger partial charge in [0.15, 0.2) is 5.78 Å². The van der Waals surface area contributed by atoms with Crippen LogP contribution in [0.3, 0.4) is 0 Å². The second-order valence-electron chi connectivity index (χ2n) is 4.68. The summed E-state index contributed by atoms with van der Waals surface area (Å²) in [5, 5.41) is 20.1. The number of rotatable bonds is 3. The zero-order valence-electron chi connectivity index (χ0n) is 10.1. The van der Waals surface area contributed by atoms with Crippen molar-refractivity contribution in [3.63, 3.8) is 0 Å². The molecule has 0 bridgehead atoms. The van der Waals surface area contributed by atoms with E-state index in [1.165, 1.54) is 18.2 Å². The van der Waals surface area contributed by atoms with Gasteiger partial charge in [-0.1, -0.05) is 17.7 Å². The van der Waals surface area contributed by atoms with Crippen LogP contribution in [-0.2, 0) is 11.2 Å². The Kier molecular flexibility index (Phi) is 3.54.